The van der Waals surface area contributed by atoms with Gasteiger partial charge >= 0.3 is 0 Å². The zero-order chi connectivity index (χ0) is 19.0. The van der Waals surface area contributed by atoms with E-state index < -0.39 is 8.07 Å². The van der Waals surface area contributed by atoms with Crippen LogP contribution in [0.15, 0.2) is 57.2 Å². The molecule has 0 radical (unpaired) electrons. The Balaban J connectivity index is 2.40. The summed E-state index contributed by atoms with van der Waals surface area (Å²) in [6.45, 7) is 6.77. The Labute approximate surface area is 166 Å². The minimum Gasteiger partial charge on any atom is -0.497 e. The number of halogens is 1. The molecule has 3 nitrogen and oxygen atoms in total. The zero-order valence-electron chi connectivity index (χ0n) is 15.8. The Kier molecular flexibility index (Phi) is 7.61. The van der Waals surface area contributed by atoms with E-state index in [0.717, 1.165) is 27.2 Å². The third-order valence-corrected chi connectivity index (χ3v) is 10.0. The predicted octanol–water partition coefficient (Wildman–Crippen LogP) is 7.27. The van der Waals surface area contributed by atoms with Gasteiger partial charge in [-0.1, -0.05) is 42.6 Å². The summed E-state index contributed by atoms with van der Waals surface area (Å²) in [6.07, 6.45) is 0. The number of hydrogen-bond donors (Lipinski definition) is 0. The number of ether oxygens (including phenoxy) is 1. The third-order valence-electron chi connectivity index (χ3n) is 4.80. The average Bonchev–Trinajstić information content (AvgIpc) is 2.69. The molecular formula is C21H25BrN2OSi. The van der Waals surface area contributed by atoms with E-state index >= 15 is 0 Å². The first-order valence-corrected chi connectivity index (χ1v) is 12.4. The average molecular weight is 429 g/mol. The van der Waals surface area contributed by atoms with Crippen molar-refractivity contribution < 1.29 is 4.74 Å². The highest BCUT2D eigenvalue weighted by molar-refractivity contribution is 9.10. The minimum atomic E-state index is -1.52. The van der Waals surface area contributed by atoms with Gasteiger partial charge in [0.05, 0.1) is 18.4 Å². The fourth-order valence-electron chi connectivity index (χ4n) is 2.66. The van der Waals surface area contributed by atoms with Crippen molar-refractivity contribution in [3.8, 4) is 17.2 Å². The molecule has 0 amide bonds. The zero-order valence-corrected chi connectivity index (χ0v) is 18.4. The molecule has 2 aromatic carbocycles. The summed E-state index contributed by atoms with van der Waals surface area (Å²) in [7, 11) is 0.142. The van der Waals surface area contributed by atoms with E-state index in [4.69, 9.17) is 4.74 Å². The van der Waals surface area contributed by atoms with Gasteiger partial charge in [-0.2, -0.15) is 5.11 Å². The Morgan fingerprint density at radius 3 is 2.19 bits per heavy atom. The standard InChI is InChI=1S/C21H25BrN2OSi/c1-5-26(6-2,7-3)15-14-17-16-20(25-4)12-13-21(17)24-23-19-10-8-18(22)9-11-19/h8-13,16H,5-7H2,1-4H3. The molecule has 0 bridgehead atoms. The van der Waals surface area contributed by atoms with Crippen LogP contribution in [-0.2, 0) is 0 Å². The molecule has 0 spiro atoms. The first kappa shape index (κ1) is 20.4. The first-order valence-electron chi connectivity index (χ1n) is 8.94. The smallest absolute Gasteiger partial charge is 0.138 e. The maximum absolute atomic E-state index is 5.36. The number of rotatable bonds is 6. The van der Waals surface area contributed by atoms with Crippen molar-refractivity contribution in [1.29, 1.82) is 0 Å². The van der Waals surface area contributed by atoms with Crippen molar-refractivity contribution >= 4 is 35.4 Å². The van der Waals surface area contributed by atoms with Crippen LogP contribution in [0.25, 0.3) is 0 Å². The Morgan fingerprint density at radius 2 is 1.62 bits per heavy atom. The minimum absolute atomic E-state index is 0.771. The molecule has 136 valence electrons. The van der Waals surface area contributed by atoms with Gasteiger partial charge in [0.1, 0.15) is 19.5 Å². The summed E-state index contributed by atoms with van der Waals surface area (Å²) in [5.74, 6) is 4.18. The molecule has 0 N–H and O–H groups in total. The summed E-state index contributed by atoms with van der Waals surface area (Å²) < 4.78 is 6.38. The number of azo groups is 1. The highest BCUT2D eigenvalue weighted by atomic mass is 79.9. The lowest BCUT2D eigenvalue weighted by molar-refractivity contribution is 0.414. The summed E-state index contributed by atoms with van der Waals surface area (Å²) >= 11 is 3.43. The molecule has 0 unspecified atom stereocenters. The Bertz CT molecular complexity index is 810. The normalized spacial score (nSPS) is 11.3. The predicted molar refractivity (Wildman–Crippen MR) is 115 cm³/mol. The van der Waals surface area contributed by atoms with Crippen LogP contribution in [0.2, 0.25) is 18.1 Å². The third kappa shape index (κ3) is 5.30. The highest BCUT2D eigenvalue weighted by Crippen LogP contribution is 2.27. The van der Waals surface area contributed by atoms with Crippen LogP contribution in [-0.4, -0.2) is 15.2 Å². The fourth-order valence-corrected chi connectivity index (χ4v) is 5.36. The van der Waals surface area contributed by atoms with Crippen molar-refractivity contribution in [2.75, 3.05) is 7.11 Å². The molecule has 0 fully saturated rings. The SMILES string of the molecule is CC[Si](C#Cc1cc(OC)ccc1N=Nc1ccc(Br)cc1)(CC)CC. The van der Waals surface area contributed by atoms with E-state index in [2.05, 4.69) is 58.4 Å². The van der Waals surface area contributed by atoms with Crippen LogP contribution in [0.5, 0.6) is 5.75 Å². The van der Waals surface area contributed by atoms with Gasteiger partial charge in [-0.05, 0) is 60.6 Å². The van der Waals surface area contributed by atoms with Gasteiger partial charge in [0.15, 0.2) is 0 Å². The fraction of sp³-hybridized carbons (Fsp3) is 0.333. The number of nitrogens with zero attached hydrogens (tertiary/aromatic N) is 2. The Hall–Kier alpha value is -1.90. The highest BCUT2D eigenvalue weighted by Gasteiger charge is 2.24. The topological polar surface area (TPSA) is 34.0 Å². The molecule has 5 heteroatoms. The lowest BCUT2D eigenvalue weighted by Gasteiger charge is -2.20. The lowest BCUT2D eigenvalue weighted by Crippen LogP contribution is -2.29. The maximum Gasteiger partial charge on any atom is 0.138 e. The number of benzene rings is 2. The van der Waals surface area contributed by atoms with E-state index in [-0.39, 0.29) is 0 Å². The van der Waals surface area contributed by atoms with Crippen LogP contribution in [0.3, 0.4) is 0 Å². The second kappa shape index (κ2) is 9.70. The summed E-state index contributed by atoms with van der Waals surface area (Å²) in [5, 5.41) is 8.77. The second-order valence-corrected chi connectivity index (χ2v) is 12.0. The molecule has 0 saturated heterocycles. The molecule has 0 aromatic heterocycles. The van der Waals surface area contributed by atoms with Gasteiger partial charge < -0.3 is 4.74 Å². The molecule has 0 atom stereocenters. The van der Waals surface area contributed by atoms with E-state index in [1.165, 1.54) is 18.1 Å². The molecule has 0 saturated carbocycles. The monoisotopic (exact) mass is 428 g/mol. The second-order valence-electron chi connectivity index (χ2n) is 6.15. The van der Waals surface area contributed by atoms with E-state index in [1.807, 2.05) is 42.5 Å². The van der Waals surface area contributed by atoms with Gasteiger partial charge in [-0.25, -0.2) is 0 Å². The van der Waals surface area contributed by atoms with Gasteiger partial charge in [0.2, 0.25) is 0 Å². The van der Waals surface area contributed by atoms with Crippen LogP contribution in [0.1, 0.15) is 26.3 Å². The number of methoxy groups -OCH3 is 1. The molecule has 0 aliphatic heterocycles. The van der Waals surface area contributed by atoms with Gasteiger partial charge in [0.25, 0.3) is 0 Å². The molecule has 0 aliphatic carbocycles. The van der Waals surface area contributed by atoms with Crippen LogP contribution >= 0.6 is 15.9 Å². The van der Waals surface area contributed by atoms with Crippen molar-refractivity contribution in [2.45, 2.75) is 38.9 Å². The Morgan fingerprint density at radius 1 is 0.962 bits per heavy atom. The summed E-state index contributed by atoms with van der Waals surface area (Å²) in [4.78, 5) is 0. The van der Waals surface area contributed by atoms with Gasteiger partial charge in [-0.3, -0.25) is 0 Å². The van der Waals surface area contributed by atoms with E-state index in [9.17, 15) is 0 Å². The summed E-state index contributed by atoms with van der Waals surface area (Å²) in [5.41, 5.74) is 6.07. The molecule has 0 aliphatic rings. The van der Waals surface area contributed by atoms with Gasteiger partial charge in [0, 0.05) is 4.47 Å². The van der Waals surface area contributed by atoms with Crippen molar-refractivity contribution in [1.82, 2.24) is 0 Å². The molecular weight excluding hydrogens is 404 g/mol. The molecule has 0 heterocycles. The van der Waals surface area contributed by atoms with Gasteiger partial charge in [-0.15, -0.1) is 10.7 Å². The van der Waals surface area contributed by atoms with Crippen LogP contribution < -0.4 is 4.74 Å². The van der Waals surface area contributed by atoms with Crippen molar-refractivity contribution in [3.63, 3.8) is 0 Å². The summed E-state index contributed by atoms with van der Waals surface area (Å²) in [6, 6.07) is 17.0. The lowest BCUT2D eigenvalue weighted by atomic mass is 10.2. The quantitative estimate of drug-likeness (QED) is 0.270. The van der Waals surface area contributed by atoms with E-state index in [1.54, 1.807) is 7.11 Å². The number of hydrogen-bond acceptors (Lipinski definition) is 3. The molecule has 2 aromatic rings. The largest absolute Gasteiger partial charge is 0.497 e. The molecule has 26 heavy (non-hydrogen) atoms. The van der Waals surface area contributed by atoms with Crippen molar-refractivity contribution in [2.24, 2.45) is 10.2 Å². The maximum atomic E-state index is 5.36. The first-order chi connectivity index (χ1) is 12.6. The molecule has 2 rings (SSSR count). The van der Waals surface area contributed by atoms with Crippen LogP contribution in [0.4, 0.5) is 11.4 Å². The van der Waals surface area contributed by atoms with Crippen molar-refractivity contribution in [3.05, 3.63) is 52.5 Å². The van der Waals surface area contributed by atoms with Crippen LogP contribution in [0, 0.1) is 11.5 Å². The van der Waals surface area contributed by atoms with E-state index in [0.29, 0.717) is 0 Å².